The van der Waals surface area contributed by atoms with Gasteiger partial charge in [-0.05, 0) is 25.3 Å². The van der Waals surface area contributed by atoms with Gasteiger partial charge >= 0.3 is 5.97 Å². The van der Waals surface area contributed by atoms with Crippen LogP contribution in [-0.4, -0.2) is 25.7 Å². The van der Waals surface area contributed by atoms with Crippen molar-refractivity contribution in [2.75, 3.05) is 13.7 Å². The molecular formula is C14H29NO2. The average molecular weight is 243 g/mol. The van der Waals surface area contributed by atoms with Crippen LogP contribution in [-0.2, 0) is 9.53 Å². The van der Waals surface area contributed by atoms with Gasteiger partial charge in [-0.3, -0.25) is 4.79 Å². The molecule has 0 aromatic rings. The van der Waals surface area contributed by atoms with Gasteiger partial charge in [-0.1, -0.05) is 46.5 Å². The Balaban J connectivity index is 3.40. The molecule has 1 unspecified atom stereocenters. The minimum absolute atomic E-state index is 0.129. The molecule has 0 aliphatic rings. The molecule has 3 nitrogen and oxygen atoms in total. The maximum Gasteiger partial charge on any atom is 0.322 e. The maximum absolute atomic E-state index is 11.3. The molecule has 0 spiro atoms. The fourth-order valence-electron chi connectivity index (χ4n) is 1.84. The highest BCUT2D eigenvalue weighted by Crippen LogP contribution is 2.09. The molecule has 0 aliphatic carbocycles. The van der Waals surface area contributed by atoms with Crippen molar-refractivity contribution in [1.29, 1.82) is 0 Å². The Morgan fingerprint density at radius 2 is 1.82 bits per heavy atom. The molecule has 0 heterocycles. The predicted octanol–water partition coefficient (Wildman–Crippen LogP) is 3.13. The van der Waals surface area contributed by atoms with Crippen LogP contribution >= 0.6 is 0 Å². The van der Waals surface area contributed by atoms with E-state index in [0.29, 0.717) is 0 Å². The van der Waals surface area contributed by atoms with Gasteiger partial charge in [0.05, 0.1) is 7.11 Å². The summed E-state index contributed by atoms with van der Waals surface area (Å²) in [4.78, 5) is 11.3. The third kappa shape index (κ3) is 9.16. The van der Waals surface area contributed by atoms with Crippen molar-refractivity contribution < 1.29 is 9.53 Å². The van der Waals surface area contributed by atoms with Gasteiger partial charge in [0.15, 0.2) is 0 Å². The minimum atomic E-state index is -0.146. The summed E-state index contributed by atoms with van der Waals surface area (Å²) in [5, 5.41) is 3.25. The molecule has 17 heavy (non-hydrogen) atoms. The zero-order valence-corrected chi connectivity index (χ0v) is 11.9. The van der Waals surface area contributed by atoms with Crippen LogP contribution in [0.3, 0.4) is 0 Å². The lowest BCUT2D eigenvalue weighted by Crippen LogP contribution is -2.37. The van der Waals surface area contributed by atoms with Crippen LogP contribution in [0.5, 0.6) is 0 Å². The first-order chi connectivity index (χ1) is 8.11. The maximum atomic E-state index is 11.3. The number of carbonyl (C=O) groups is 1. The first-order valence-electron chi connectivity index (χ1n) is 6.93. The molecule has 0 aromatic carbocycles. The summed E-state index contributed by atoms with van der Waals surface area (Å²) >= 11 is 0. The molecular weight excluding hydrogens is 214 g/mol. The number of methoxy groups -OCH3 is 1. The number of esters is 1. The summed E-state index contributed by atoms with van der Waals surface area (Å²) in [5.41, 5.74) is 0. The lowest BCUT2D eigenvalue weighted by atomic mass is 10.0. The second kappa shape index (κ2) is 10.6. The number of rotatable bonds is 10. The lowest BCUT2D eigenvalue weighted by molar-refractivity contribution is -0.143. The third-order valence-electron chi connectivity index (χ3n) is 2.99. The Bertz CT molecular complexity index is 193. The van der Waals surface area contributed by atoms with Crippen molar-refractivity contribution in [3.8, 4) is 0 Å². The summed E-state index contributed by atoms with van der Waals surface area (Å²) in [6, 6.07) is -0.129. The van der Waals surface area contributed by atoms with E-state index in [4.69, 9.17) is 4.74 Å². The monoisotopic (exact) mass is 243 g/mol. The molecule has 0 bridgehead atoms. The molecule has 0 saturated heterocycles. The SMILES string of the molecule is CCC(NCCCCCCC(C)C)C(=O)OC. The number of ether oxygens (including phenoxy) is 1. The van der Waals surface area contributed by atoms with E-state index in [2.05, 4.69) is 19.2 Å². The molecule has 3 heteroatoms. The molecule has 0 aromatic heterocycles. The highest BCUT2D eigenvalue weighted by molar-refractivity contribution is 5.75. The van der Waals surface area contributed by atoms with E-state index >= 15 is 0 Å². The fourth-order valence-corrected chi connectivity index (χ4v) is 1.84. The van der Waals surface area contributed by atoms with Crippen molar-refractivity contribution in [2.24, 2.45) is 5.92 Å². The molecule has 1 atom stereocenters. The van der Waals surface area contributed by atoms with Crippen LogP contribution in [0.1, 0.15) is 59.3 Å². The number of carbonyl (C=O) groups excluding carboxylic acids is 1. The average Bonchev–Trinajstić information content (AvgIpc) is 2.31. The topological polar surface area (TPSA) is 38.3 Å². The van der Waals surface area contributed by atoms with Crippen molar-refractivity contribution in [2.45, 2.75) is 65.3 Å². The van der Waals surface area contributed by atoms with E-state index in [-0.39, 0.29) is 12.0 Å². The van der Waals surface area contributed by atoms with Gasteiger partial charge in [-0.2, -0.15) is 0 Å². The third-order valence-corrected chi connectivity index (χ3v) is 2.99. The Labute approximate surface area is 106 Å². The Hall–Kier alpha value is -0.570. The number of unbranched alkanes of at least 4 members (excludes halogenated alkanes) is 3. The Kier molecular flexibility index (Phi) is 10.2. The summed E-state index contributed by atoms with van der Waals surface area (Å²) in [6.07, 6.45) is 7.14. The van der Waals surface area contributed by atoms with E-state index in [0.717, 1.165) is 25.3 Å². The van der Waals surface area contributed by atoms with Gasteiger partial charge in [-0.25, -0.2) is 0 Å². The quantitative estimate of drug-likeness (QED) is 0.473. The van der Waals surface area contributed by atoms with E-state index in [1.54, 1.807) is 0 Å². The van der Waals surface area contributed by atoms with Crippen LogP contribution in [0.15, 0.2) is 0 Å². The van der Waals surface area contributed by atoms with Crippen LogP contribution in [0, 0.1) is 5.92 Å². The molecule has 0 amide bonds. The highest BCUT2D eigenvalue weighted by Gasteiger charge is 2.14. The molecule has 0 aliphatic heterocycles. The second-order valence-corrected chi connectivity index (χ2v) is 5.03. The fraction of sp³-hybridized carbons (Fsp3) is 0.929. The van der Waals surface area contributed by atoms with Crippen LogP contribution in [0.2, 0.25) is 0 Å². The largest absolute Gasteiger partial charge is 0.468 e. The second-order valence-electron chi connectivity index (χ2n) is 5.03. The molecule has 0 fully saturated rings. The summed E-state index contributed by atoms with van der Waals surface area (Å²) < 4.78 is 4.72. The number of hydrogen-bond acceptors (Lipinski definition) is 3. The Morgan fingerprint density at radius 1 is 1.18 bits per heavy atom. The molecule has 0 radical (unpaired) electrons. The highest BCUT2D eigenvalue weighted by atomic mass is 16.5. The first-order valence-corrected chi connectivity index (χ1v) is 6.93. The van der Waals surface area contributed by atoms with Crippen molar-refractivity contribution in [3.05, 3.63) is 0 Å². The normalized spacial score (nSPS) is 12.8. The lowest BCUT2D eigenvalue weighted by Gasteiger charge is -2.14. The van der Waals surface area contributed by atoms with Gasteiger partial charge in [0.1, 0.15) is 6.04 Å². The Morgan fingerprint density at radius 3 is 2.35 bits per heavy atom. The zero-order chi connectivity index (χ0) is 13.1. The zero-order valence-electron chi connectivity index (χ0n) is 11.9. The van der Waals surface area contributed by atoms with E-state index in [1.807, 2.05) is 6.92 Å². The van der Waals surface area contributed by atoms with Gasteiger partial charge in [0, 0.05) is 0 Å². The van der Waals surface area contributed by atoms with Crippen LogP contribution in [0.25, 0.3) is 0 Å². The van der Waals surface area contributed by atoms with Gasteiger partial charge in [-0.15, -0.1) is 0 Å². The van der Waals surface area contributed by atoms with Gasteiger partial charge < -0.3 is 10.1 Å². The van der Waals surface area contributed by atoms with Crippen LogP contribution in [0.4, 0.5) is 0 Å². The smallest absolute Gasteiger partial charge is 0.322 e. The standard InChI is InChI=1S/C14H29NO2/c1-5-13(14(16)17-4)15-11-9-7-6-8-10-12(2)3/h12-13,15H,5-11H2,1-4H3. The summed E-state index contributed by atoms with van der Waals surface area (Å²) in [5.74, 6) is 0.671. The minimum Gasteiger partial charge on any atom is -0.468 e. The van der Waals surface area contributed by atoms with Gasteiger partial charge in [0.25, 0.3) is 0 Å². The summed E-state index contributed by atoms with van der Waals surface area (Å²) in [6.45, 7) is 7.44. The molecule has 102 valence electrons. The van der Waals surface area contributed by atoms with E-state index < -0.39 is 0 Å². The molecule has 0 rings (SSSR count). The van der Waals surface area contributed by atoms with E-state index in [9.17, 15) is 4.79 Å². The number of nitrogens with one attached hydrogen (secondary N) is 1. The molecule has 0 saturated carbocycles. The van der Waals surface area contributed by atoms with Crippen LogP contribution < -0.4 is 5.32 Å². The predicted molar refractivity (Wildman–Crippen MR) is 72.0 cm³/mol. The first kappa shape index (κ1) is 16.4. The van der Waals surface area contributed by atoms with E-state index in [1.165, 1.54) is 32.8 Å². The number of hydrogen-bond donors (Lipinski definition) is 1. The van der Waals surface area contributed by atoms with Crippen molar-refractivity contribution in [1.82, 2.24) is 5.32 Å². The van der Waals surface area contributed by atoms with Crippen molar-refractivity contribution >= 4 is 5.97 Å². The van der Waals surface area contributed by atoms with Gasteiger partial charge in [0.2, 0.25) is 0 Å². The molecule has 1 N–H and O–H groups in total. The summed E-state index contributed by atoms with van der Waals surface area (Å²) in [7, 11) is 1.44. The van der Waals surface area contributed by atoms with Crippen molar-refractivity contribution in [3.63, 3.8) is 0 Å².